The second-order valence-corrected chi connectivity index (χ2v) is 9.89. The van der Waals surface area contributed by atoms with E-state index in [0.29, 0.717) is 5.92 Å². The molecular weight excluding hydrogens is 387 g/mol. The largest absolute Gasteiger partial charge is 0.342 e. The Labute approximate surface area is 187 Å². The Balaban J connectivity index is 1.82. The lowest BCUT2D eigenvalue weighted by Gasteiger charge is -2.31. The highest BCUT2D eigenvalue weighted by molar-refractivity contribution is 5.78. The molecule has 2 atom stereocenters. The molecule has 2 unspecified atom stereocenters. The first-order valence-electron chi connectivity index (χ1n) is 11.5. The number of hydrogen-bond donors (Lipinski definition) is 0. The first kappa shape index (κ1) is 23.5. The number of benzene rings is 2. The lowest BCUT2D eigenvalue weighted by Crippen LogP contribution is -2.41. The molecule has 3 rings (SSSR count). The number of nitrogens with zero attached hydrogens (tertiary/aromatic N) is 2. The Morgan fingerprint density at radius 1 is 1.10 bits per heavy atom. The summed E-state index contributed by atoms with van der Waals surface area (Å²) in [6.07, 6.45) is 0. The second-order valence-electron chi connectivity index (χ2n) is 9.89. The highest BCUT2D eigenvalue weighted by atomic mass is 19.1. The molecule has 4 heteroatoms. The molecule has 2 aromatic rings. The Morgan fingerprint density at radius 2 is 1.81 bits per heavy atom. The highest BCUT2D eigenvalue weighted by Gasteiger charge is 2.36. The highest BCUT2D eigenvalue weighted by Crippen LogP contribution is 2.35. The van der Waals surface area contributed by atoms with Gasteiger partial charge in [0.05, 0.1) is 0 Å². The summed E-state index contributed by atoms with van der Waals surface area (Å²) < 4.78 is 14.0. The van der Waals surface area contributed by atoms with E-state index in [0.717, 1.165) is 38.3 Å². The zero-order chi connectivity index (χ0) is 22.5. The van der Waals surface area contributed by atoms with Gasteiger partial charge in [0.2, 0.25) is 5.91 Å². The molecule has 1 fully saturated rings. The summed E-state index contributed by atoms with van der Waals surface area (Å²) in [6, 6.07) is 15.7. The van der Waals surface area contributed by atoms with Gasteiger partial charge < -0.3 is 4.90 Å². The smallest absolute Gasteiger partial charge is 0.225 e. The average molecular weight is 425 g/mol. The van der Waals surface area contributed by atoms with Crippen LogP contribution in [0, 0.1) is 30.5 Å². The monoisotopic (exact) mass is 424 g/mol. The van der Waals surface area contributed by atoms with Crippen LogP contribution in [-0.2, 0) is 11.3 Å². The summed E-state index contributed by atoms with van der Waals surface area (Å²) >= 11 is 0. The van der Waals surface area contributed by atoms with Crippen LogP contribution in [0.25, 0.3) is 0 Å². The van der Waals surface area contributed by atoms with E-state index < -0.39 is 0 Å². The minimum absolute atomic E-state index is 0.0172. The third-order valence-corrected chi connectivity index (χ3v) is 6.17. The van der Waals surface area contributed by atoms with Crippen molar-refractivity contribution in [1.82, 2.24) is 9.80 Å². The average Bonchev–Trinajstić information content (AvgIpc) is 3.10. The number of amides is 1. The predicted molar refractivity (Wildman–Crippen MR) is 125 cm³/mol. The first-order valence-corrected chi connectivity index (χ1v) is 11.5. The van der Waals surface area contributed by atoms with Gasteiger partial charge in [-0.05, 0) is 42.0 Å². The van der Waals surface area contributed by atoms with E-state index in [1.807, 2.05) is 24.8 Å². The molecule has 3 nitrogen and oxygen atoms in total. The fourth-order valence-electron chi connectivity index (χ4n) is 4.68. The van der Waals surface area contributed by atoms with Gasteiger partial charge in [-0.15, -0.1) is 0 Å². The molecule has 0 N–H and O–H groups in total. The van der Waals surface area contributed by atoms with E-state index in [4.69, 9.17) is 0 Å². The Hall–Kier alpha value is -2.20. The van der Waals surface area contributed by atoms with Crippen LogP contribution < -0.4 is 0 Å². The Kier molecular flexibility index (Phi) is 7.88. The molecule has 0 saturated carbocycles. The lowest BCUT2D eigenvalue weighted by atomic mass is 9.88. The number of hydrogen-bond acceptors (Lipinski definition) is 2. The molecule has 1 saturated heterocycles. The van der Waals surface area contributed by atoms with Crippen molar-refractivity contribution < 1.29 is 9.18 Å². The van der Waals surface area contributed by atoms with E-state index in [2.05, 4.69) is 49.9 Å². The van der Waals surface area contributed by atoms with Gasteiger partial charge >= 0.3 is 0 Å². The van der Waals surface area contributed by atoms with Gasteiger partial charge in [0, 0.05) is 44.6 Å². The van der Waals surface area contributed by atoms with Gasteiger partial charge in [0.25, 0.3) is 0 Å². The van der Waals surface area contributed by atoms with Crippen molar-refractivity contribution >= 4 is 5.91 Å². The predicted octanol–water partition coefficient (Wildman–Crippen LogP) is 5.49. The third-order valence-electron chi connectivity index (χ3n) is 6.17. The maximum absolute atomic E-state index is 14.0. The zero-order valence-corrected chi connectivity index (χ0v) is 19.6. The molecule has 31 heavy (non-hydrogen) atoms. The van der Waals surface area contributed by atoms with E-state index in [1.165, 1.54) is 17.2 Å². The normalized spacial score (nSPS) is 19.4. The number of likely N-dealkylation sites (tertiary alicyclic amines) is 1. The van der Waals surface area contributed by atoms with Gasteiger partial charge in [-0.3, -0.25) is 9.69 Å². The van der Waals surface area contributed by atoms with Crippen LogP contribution in [-0.4, -0.2) is 41.9 Å². The lowest BCUT2D eigenvalue weighted by molar-refractivity contribution is -0.135. The summed E-state index contributed by atoms with van der Waals surface area (Å²) in [5, 5.41) is 0. The van der Waals surface area contributed by atoms with E-state index >= 15 is 0 Å². The quantitative estimate of drug-likeness (QED) is 0.559. The van der Waals surface area contributed by atoms with Gasteiger partial charge in [-0.1, -0.05) is 69.7 Å². The molecule has 0 aliphatic carbocycles. The third kappa shape index (κ3) is 6.39. The summed E-state index contributed by atoms with van der Waals surface area (Å²) in [7, 11) is 0. The second kappa shape index (κ2) is 10.4. The Morgan fingerprint density at radius 3 is 2.42 bits per heavy atom. The molecule has 0 bridgehead atoms. The molecule has 1 aliphatic rings. The zero-order valence-electron chi connectivity index (χ0n) is 19.6. The first-order chi connectivity index (χ1) is 14.7. The van der Waals surface area contributed by atoms with Crippen LogP contribution in [0.1, 0.15) is 50.3 Å². The molecular formula is C27H37FN2O. The number of aryl methyl sites for hydroxylation is 1. The van der Waals surface area contributed by atoms with Crippen LogP contribution >= 0.6 is 0 Å². The van der Waals surface area contributed by atoms with E-state index in [9.17, 15) is 9.18 Å². The summed E-state index contributed by atoms with van der Waals surface area (Å²) in [4.78, 5) is 17.4. The van der Waals surface area contributed by atoms with Crippen molar-refractivity contribution in [2.45, 2.75) is 47.1 Å². The molecule has 2 aromatic carbocycles. The van der Waals surface area contributed by atoms with Crippen LogP contribution in [0.5, 0.6) is 0 Å². The van der Waals surface area contributed by atoms with Crippen LogP contribution in [0.4, 0.5) is 4.39 Å². The number of rotatable bonds is 8. The van der Waals surface area contributed by atoms with Crippen molar-refractivity contribution in [1.29, 1.82) is 0 Å². The molecule has 0 spiro atoms. The Bertz CT molecular complexity index is 862. The molecule has 1 amide bonds. The molecule has 0 aromatic heterocycles. The molecule has 0 radical (unpaired) electrons. The van der Waals surface area contributed by atoms with Crippen molar-refractivity contribution in [2.24, 2.45) is 17.8 Å². The van der Waals surface area contributed by atoms with Crippen molar-refractivity contribution in [3.05, 3.63) is 71.0 Å². The fourth-order valence-corrected chi connectivity index (χ4v) is 4.68. The maximum atomic E-state index is 14.0. The van der Waals surface area contributed by atoms with E-state index in [1.54, 1.807) is 12.1 Å². The minimum atomic E-state index is -0.189. The van der Waals surface area contributed by atoms with Crippen LogP contribution in [0.2, 0.25) is 0 Å². The fraction of sp³-hybridized carbons (Fsp3) is 0.519. The van der Waals surface area contributed by atoms with Crippen molar-refractivity contribution in [3.63, 3.8) is 0 Å². The van der Waals surface area contributed by atoms with Gasteiger partial charge in [0.1, 0.15) is 5.82 Å². The minimum Gasteiger partial charge on any atom is -0.342 e. The van der Waals surface area contributed by atoms with Gasteiger partial charge in [-0.2, -0.15) is 0 Å². The van der Waals surface area contributed by atoms with Gasteiger partial charge in [0.15, 0.2) is 0 Å². The van der Waals surface area contributed by atoms with Crippen LogP contribution in [0.15, 0.2) is 48.5 Å². The van der Waals surface area contributed by atoms with E-state index in [-0.39, 0.29) is 29.5 Å². The van der Waals surface area contributed by atoms with Crippen molar-refractivity contribution in [3.8, 4) is 0 Å². The SMILES string of the molecule is Cc1ccc(CN2CC(CN(CC(C)C)C(=O)C(C)C)C(c3cccc(F)c3)C2)cc1. The topological polar surface area (TPSA) is 23.6 Å². The van der Waals surface area contributed by atoms with Crippen molar-refractivity contribution in [2.75, 3.05) is 26.2 Å². The number of carbonyl (C=O) groups is 1. The number of halogens is 1. The summed E-state index contributed by atoms with van der Waals surface area (Å²) in [5.74, 6) is 0.926. The van der Waals surface area contributed by atoms with Crippen LogP contribution in [0.3, 0.4) is 0 Å². The van der Waals surface area contributed by atoms with Gasteiger partial charge in [-0.25, -0.2) is 4.39 Å². The summed E-state index contributed by atoms with van der Waals surface area (Å²) in [5.41, 5.74) is 3.59. The molecule has 168 valence electrons. The molecule has 1 heterocycles. The standard InChI is InChI=1S/C27H37FN2O/c1-19(2)14-30(27(31)20(3)4)17-24-16-29(15-22-11-9-21(5)10-12-22)18-26(24)23-7-6-8-25(28)13-23/h6-13,19-20,24,26H,14-18H2,1-5H3. The summed E-state index contributed by atoms with van der Waals surface area (Å²) in [6.45, 7) is 14.5. The molecule has 1 aliphatic heterocycles. The number of carbonyl (C=O) groups excluding carboxylic acids is 1. The maximum Gasteiger partial charge on any atom is 0.225 e.